The summed E-state index contributed by atoms with van der Waals surface area (Å²) in [6.07, 6.45) is 1.71. The van der Waals surface area contributed by atoms with E-state index in [1.807, 2.05) is 4.57 Å². The first-order valence-corrected chi connectivity index (χ1v) is 8.09. The van der Waals surface area contributed by atoms with Crippen molar-refractivity contribution in [3.63, 3.8) is 0 Å². The highest BCUT2D eigenvalue weighted by atomic mass is 19.1. The number of nitrogens with zero attached hydrogens (tertiary/aromatic N) is 3. The molecule has 132 valence electrons. The van der Waals surface area contributed by atoms with Gasteiger partial charge in [0, 0.05) is 12.1 Å². The van der Waals surface area contributed by atoms with E-state index >= 15 is 0 Å². The zero-order chi connectivity index (χ0) is 18.3. The summed E-state index contributed by atoms with van der Waals surface area (Å²) in [7, 11) is 1.80. The second-order valence-corrected chi connectivity index (χ2v) is 5.95. The molecule has 0 bridgehead atoms. The molecule has 1 N–H and O–H groups in total. The Kier molecular flexibility index (Phi) is 4.08. The lowest BCUT2D eigenvalue weighted by molar-refractivity contribution is 0.579. The number of halogens is 3. The molecule has 4 rings (SSSR count). The third-order valence-corrected chi connectivity index (χ3v) is 4.30. The second-order valence-electron chi connectivity index (χ2n) is 5.95. The minimum Gasteiger partial charge on any atom is -0.314 e. The standard InChI is InChI=1S/C19H15F3N4/c1-23-8-12-9-24-17-10-25-19(18-14(21)3-2-4-15(18)22)13-7-11(20)5-6-16(13)26(12)17/h2-7,9,23H,8,10H2,1H3. The summed E-state index contributed by atoms with van der Waals surface area (Å²) in [6.45, 7) is 0.663. The van der Waals surface area contributed by atoms with Gasteiger partial charge in [0.2, 0.25) is 0 Å². The molecule has 7 heteroatoms. The first-order valence-electron chi connectivity index (χ1n) is 8.09. The number of imidazole rings is 1. The maximum Gasteiger partial charge on any atom is 0.135 e. The third kappa shape index (κ3) is 2.61. The molecule has 0 atom stereocenters. The van der Waals surface area contributed by atoms with Crippen molar-refractivity contribution in [1.29, 1.82) is 0 Å². The Hall–Kier alpha value is -2.93. The van der Waals surface area contributed by atoms with Crippen molar-refractivity contribution < 1.29 is 13.2 Å². The molecule has 26 heavy (non-hydrogen) atoms. The monoisotopic (exact) mass is 356 g/mol. The van der Waals surface area contributed by atoms with Gasteiger partial charge in [-0.2, -0.15) is 0 Å². The molecule has 3 aromatic rings. The van der Waals surface area contributed by atoms with E-state index in [9.17, 15) is 13.2 Å². The fourth-order valence-electron chi connectivity index (χ4n) is 3.21. The Labute approximate surface area is 148 Å². The van der Waals surface area contributed by atoms with Gasteiger partial charge in [0.15, 0.2) is 0 Å². The summed E-state index contributed by atoms with van der Waals surface area (Å²) in [5.74, 6) is -1.37. The summed E-state index contributed by atoms with van der Waals surface area (Å²) in [4.78, 5) is 8.74. The van der Waals surface area contributed by atoms with Crippen LogP contribution in [0, 0.1) is 17.5 Å². The summed E-state index contributed by atoms with van der Waals surface area (Å²) in [6, 6.07) is 7.75. The lowest BCUT2D eigenvalue weighted by atomic mass is 9.99. The van der Waals surface area contributed by atoms with Crippen LogP contribution < -0.4 is 5.32 Å². The minimum absolute atomic E-state index is 0.0796. The van der Waals surface area contributed by atoms with Crippen molar-refractivity contribution in [2.45, 2.75) is 13.1 Å². The van der Waals surface area contributed by atoms with Crippen LogP contribution in [0.3, 0.4) is 0 Å². The number of hydrogen-bond donors (Lipinski definition) is 1. The van der Waals surface area contributed by atoms with Crippen LogP contribution in [0.4, 0.5) is 13.2 Å². The predicted molar refractivity (Wildman–Crippen MR) is 92.0 cm³/mol. The van der Waals surface area contributed by atoms with Crippen molar-refractivity contribution >= 4 is 5.71 Å². The molecule has 0 fully saturated rings. The van der Waals surface area contributed by atoms with E-state index in [1.165, 1.54) is 18.2 Å². The van der Waals surface area contributed by atoms with Gasteiger partial charge in [-0.15, -0.1) is 0 Å². The highest BCUT2D eigenvalue weighted by molar-refractivity contribution is 6.15. The second kappa shape index (κ2) is 6.42. The molecule has 2 heterocycles. The van der Waals surface area contributed by atoms with Gasteiger partial charge in [0.05, 0.1) is 35.4 Å². The Balaban J connectivity index is 2.00. The van der Waals surface area contributed by atoms with E-state index in [2.05, 4.69) is 15.3 Å². The Morgan fingerprint density at radius 2 is 1.88 bits per heavy atom. The van der Waals surface area contributed by atoms with E-state index in [-0.39, 0.29) is 17.8 Å². The van der Waals surface area contributed by atoms with E-state index in [1.54, 1.807) is 19.3 Å². The van der Waals surface area contributed by atoms with Crippen LogP contribution >= 0.6 is 0 Å². The highest BCUT2D eigenvalue weighted by Gasteiger charge is 2.25. The minimum atomic E-state index is -0.742. The Morgan fingerprint density at radius 1 is 1.12 bits per heavy atom. The van der Waals surface area contributed by atoms with Gasteiger partial charge in [0.25, 0.3) is 0 Å². The van der Waals surface area contributed by atoms with Crippen LogP contribution in [0.2, 0.25) is 0 Å². The topological polar surface area (TPSA) is 42.2 Å². The zero-order valence-electron chi connectivity index (χ0n) is 13.9. The average molecular weight is 356 g/mol. The van der Waals surface area contributed by atoms with Crippen LogP contribution in [-0.4, -0.2) is 22.3 Å². The highest BCUT2D eigenvalue weighted by Crippen LogP contribution is 2.29. The van der Waals surface area contributed by atoms with E-state index < -0.39 is 17.5 Å². The van der Waals surface area contributed by atoms with Crippen LogP contribution in [0.1, 0.15) is 22.6 Å². The molecule has 0 spiro atoms. The number of hydrogen-bond acceptors (Lipinski definition) is 3. The largest absolute Gasteiger partial charge is 0.314 e. The van der Waals surface area contributed by atoms with Gasteiger partial charge in [-0.3, -0.25) is 9.56 Å². The molecular formula is C19H15F3N4. The van der Waals surface area contributed by atoms with Gasteiger partial charge in [0.1, 0.15) is 23.3 Å². The molecular weight excluding hydrogens is 341 g/mol. The van der Waals surface area contributed by atoms with Crippen molar-refractivity contribution in [3.8, 4) is 5.69 Å². The quantitative estimate of drug-likeness (QED) is 0.782. The molecule has 0 unspecified atom stereocenters. The molecule has 1 aliphatic heterocycles. The number of rotatable bonds is 3. The fourth-order valence-corrected chi connectivity index (χ4v) is 3.21. The van der Waals surface area contributed by atoms with Crippen LogP contribution in [0.25, 0.3) is 5.69 Å². The third-order valence-electron chi connectivity index (χ3n) is 4.30. The molecule has 0 saturated heterocycles. The maximum atomic E-state index is 14.4. The number of nitrogens with one attached hydrogen (secondary N) is 1. The van der Waals surface area contributed by atoms with Crippen LogP contribution in [0.15, 0.2) is 47.6 Å². The molecule has 4 nitrogen and oxygen atoms in total. The van der Waals surface area contributed by atoms with Gasteiger partial charge < -0.3 is 5.32 Å². The van der Waals surface area contributed by atoms with Crippen molar-refractivity contribution in [1.82, 2.24) is 14.9 Å². The molecule has 1 aromatic heterocycles. The fraction of sp³-hybridized carbons (Fsp3) is 0.158. The zero-order valence-corrected chi connectivity index (χ0v) is 13.9. The number of aromatic nitrogens is 2. The lowest BCUT2D eigenvalue weighted by Crippen LogP contribution is -2.14. The first-order chi connectivity index (χ1) is 12.6. The molecule has 1 aliphatic rings. The molecule has 0 aliphatic carbocycles. The van der Waals surface area contributed by atoms with Gasteiger partial charge in [-0.1, -0.05) is 6.07 Å². The van der Waals surface area contributed by atoms with E-state index in [4.69, 9.17) is 0 Å². The Morgan fingerprint density at radius 3 is 2.62 bits per heavy atom. The first kappa shape index (κ1) is 16.5. The molecule has 2 aromatic carbocycles. The molecule has 0 saturated carbocycles. The number of fused-ring (bicyclic) bond motifs is 3. The molecule has 0 amide bonds. The normalized spacial score (nSPS) is 13.0. The van der Waals surface area contributed by atoms with Crippen molar-refractivity contribution in [2.24, 2.45) is 4.99 Å². The predicted octanol–water partition coefficient (Wildman–Crippen LogP) is 3.36. The number of aliphatic imine (C=N–C) groups is 1. The van der Waals surface area contributed by atoms with Crippen LogP contribution in [-0.2, 0) is 13.1 Å². The van der Waals surface area contributed by atoms with Crippen molar-refractivity contribution in [3.05, 3.63) is 82.7 Å². The smallest absolute Gasteiger partial charge is 0.135 e. The van der Waals surface area contributed by atoms with E-state index in [0.29, 0.717) is 23.6 Å². The Bertz CT molecular complexity index is 1000. The maximum absolute atomic E-state index is 14.4. The summed E-state index contributed by atoms with van der Waals surface area (Å²) >= 11 is 0. The summed E-state index contributed by atoms with van der Waals surface area (Å²) in [5, 5.41) is 3.05. The molecule has 0 radical (unpaired) electrons. The van der Waals surface area contributed by atoms with Crippen molar-refractivity contribution in [2.75, 3.05) is 7.05 Å². The van der Waals surface area contributed by atoms with Crippen LogP contribution in [0.5, 0.6) is 0 Å². The summed E-state index contributed by atoms with van der Waals surface area (Å²) < 4.78 is 44.6. The summed E-state index contributed by atoms with van der Waals surface area (Å²) in [5.41, 5.74) is 1.57. The van der Waals surface area contributed by atoms with Gasteiger partial charge >= 0.3 is 0 Å². The number of benzene rings is 2. The van der Waals surface area contributed by atoms with Gasteiger partial charge in [-0.25, -0.2) is 18.2 Å². The van der Waals surface area contributed by atoms with E-state index in [0.717, 1.165) is 17.8 Å². The van der Waals surface area contributed by atoms with Gasteiger partial charge in [-0.05, 0) is 37.4 Å². The lowest BCUT2D eigenvalue weighted by Gasteiger charge is -2.15. The average Bonchev–Trinajstić information content (AvgIpc) is 2.93. The SMILES string of the molecule is CNCc1cnc2n1-c1ccc(F)cc1C(c1c(F)cccc1F)=NC2.